The molecule has 4 heterocycles. The first-order valence-corrected chi connectivity index (χ1v) is 13.8. The van der Waals surface area contributed by atoms with E-state index < -0.39 is 0 Å². The molecule has 1 aromatic carbocycles. The van der Waals surface area contributed by atoms with Crippen LogP contribution in [0.2, 0.25) is 0 Å². The van der Waals surface area contributed by atoms with Crippen LogP contribution in [0.3, 0.4) is 0 Å². The highest BCUT2D eigenvalue weighted by atomic mass is 32.2. The van der Waals surface area contributed by atoms with Crippen molar-refractivity contribution in [2.24, 2.45) is 11.8 Å². The number of rotatable bonds is 6. The average Bonchev–Trinajstić information content (AvgIpc) is 3.24. The number of nitrogens with one attached hydrogen (secondary N) is 3. The Morgan fingerprint density at radius 2 is 2.03 bits per heavy atom. The van der Waals surface area contributed by atoms with E-state index in [4.69, 9.17) is 0 Å². The van der Waals surface area contributed by atoms with Crippen LogP contribution in [0.25, 0.3) is 0 Å². The fourth-order valence-electron chi connectivity index (χ4n) is 5.86. The SMILES string of the molecule is C=CC(=O)N1CCC[C@@H](NC(=O)C2=C3NC(=O)N(c4ccc(CC(C)C)cc4)C4CCNC(S2)C34)C1. The molecule has 4 aliphatic rings. The second kappa shape index (κ2) is 10.3. The second-order valence-electron chi connectivity index (χ2n) is 10.5. The third kappa shape index (κ3) is 4.78. The zero-order valence-corrected chi connectivity index (χ0v) is 21.8. The van der Waals surface area contributed by atoms with Gasteiger partial charge in [0.15, 0.2) is 0 Å². The van der Waals surface area contributed by atoms with Crippen molar-refractivity contribution in [3.8, 4) is 0 Å². The zero-order chi connectivity index (χ0) is 25.4. The number of carbonyl (C=O) groups is 3. The van der Waals surface area contributed by atoms with E-state index in [9.17, 15) is 14.4 Å². The molecule has 192 valence electrons. The Hall–Kier alpha value is -2.78. The second-order valence-corrected chi connectivity index (χ2v) is 11.6. The first-order valence-electron chi connectivity index (χ1n) is 12.9. The van der Waals surface area contributed by atoms with Gasteiger partial charge in [-0.25, -0.2) is 4.79 Å². The first kappa shape index (κ1) is 24.9. The number of carbonyl (C=O) groups excluding carboxylic acids is 3. The van der Waals surface area contributed by atoms with Crippen LogP contribution in [0.15, 0.2) is 47.5 Å². The summed E-state index contributed by atoms with van der Waals surface area (Å²) in [5.41, 5.74) is 2.88. The summed E-state index contributed by atoms with van der Waals surface area (Å²) in [6.45, 7) is 9.92. The molecule has 8 nitrogen and oxygen atoms in total. The lowest BCUT2D eigenvalue weighted by Crippen LogP contribution is -2.62. The number of nitrogens with zero attached hydrogens (tertiary/aromatic N) is 2. The summed E-state index contributed by atoms with van der Waals surface area (Å²) in [7, 11) is 0. The van der Waals surface area contributed by atoms with Crippen molar-refractivity contribution in [2.75, 3.05) is 24.5 Å². The van der Waals surface area contributed by atoms with Crippen LogP contribution in [0.1, 0.15) is 38.7 Å². The van der Waals surface area contributed by atoms with Crippen molar-refractivity contribution >= 4 is 35.3 Å². The molecule has 0 aromatic heterocycles. The summed E-state index contributed by atoms with van der Waals surface area (Å²) >= 11 is 1.51. The molecular formula is C27H35N5O3S. The number of hydrogen-bond donors (Lipinski definition) is 3. The highest BCUT2D eigenvalue weighted by Gasteiger charge is 2.51. The highest BCUT2D eigenvalue weighted by Crippen LogP contribution is 2.47. The van der Waals surface area contributed by atoms with Crippen LogP contribution in [0.4, 0.5) is 10.5 Å². The fourth-order valence-corrected chi connectivity index (χ4v) is 7.26. The van der Waals surface area contributed by atoms with Gasteiger partial charge in [-0.2, -0.15) is 0 Å². The molecule has 0 spiro atoms. The van der Waals surface area contributed by atoms with Crippen LogP contribution in [0.5, 0.6) is 0 Å². The largest absolute Gasteiger partial charge is 0.347 e. The number of thioether (sulfide) groups is 1. The van der Waals surface area contributed by atoms with Gasteiger partial charge in [-0.05, 0) is 61.9 Å². The standard InChI is InChI=1S/C27H35N5O3S/c1-4-21(33)31-13-5-6-18(15-31)29-25(34)24-23-22-20(11-12-28-26(22)36-24)32(27(35)30-23)19-9-7-17(8-10-19)14-16(2)3/h4,7-10,16,18,20,22,26,28H,1,5-6,11-15H2,2-3H3,(H,29,34)(H,30,35)/t18-,20?,22?,26?/m1/s1. The number of amides is 4. The smallest absolute Gasteiger partial charge is 0.326 e. The first-order chi connectivity index (χ1) is 17.4. The predicted molar refractivity (Wildman–Crippen MR) is 142 cm³/mol. The summed E-state index contributed by atoms with van der Waals surface area (Å²) in [6, 6.07) is 7.99. The van der Waals surface area contributed by atoms with Crippen molar-refractivity contribution < 1.29 is 14.4 Å². The molecule has 3 N–H and O–H groups in total. The molecule has 36 heavy (non-hydrogen) atoms. The number of urea groups is 1. The molecule has 0 radical (unpaired) electrons. The van der Waals surface area contributed by atoms with E-state index in [2.05, 4.69) is 48.5 Å². The van der Waals surface area contributed by atoms with E-state index in [0.717, 1.165) is 43.6 Å². The van der Waals surface area contributed by atoms with Crippen molar-refractivity contribution in [2.45, 2.75) is 57.0 Å². The van der Waals surface area contributed by atoms with Gasteiger partial charge in [0, 0.05) is 36.4 Å². The molecular weight excluding hydrogens is 474 g/mol. The molecule has 0 bridgehead atoms. The number of anilines is 1. The molecule has 3 unspecified atom stereocenters. The number of likely N-dealkylation sites (tertiary alicyclic amines) is 1. The van der Waals surface area contributed by atoms with Gasteiger partial charge in [0.1, 0.15) is 0 Å². The maximum Gasteiger partial charge on any atom is 0.326 e. The zero-order valence-electron chi connectivity index (χ0n) is 21.0. The van der Waals surface area contributed by atoms with Crippen LogP contribution >= 0.6 is 11.8 Å². The van der Waals surface area contributed by atoms with Crippen molar-refractivity contribution in [1.29, 1.82) is 0 Å². The van der Waals surface area contributed by atoms with Gasteiger partial charge < -0.3 is 20.9 Å². The topological polar surface area (TPSA) is 93.8 Å². The lowest BCUT2D eigenvalue weighted by atomic mass is 9.86. The van der Waals surface area contributed by atoms with Crippen LogP contribution in [-0.2, 0) is 16.0 Å². The molecule has 4 aliphatic heterocycles. The van der Waals surface area contributed by atoms with E-state index in [0.29, 0.717) is 23.9 Å². The minimum Gasteiger partial charge on any atom is -0.347 e. The normalized spacial score (nSPS) is 27.6. The number of piperidine rings is 2. The monoisotopic (exact) mass is 509 g/mol. The minimum atomic E-state index is -0.184. The maximum atomic E-state index is 13.4. The maximum absolute atomic E-state index is 13.4. The van der Waals surface area contributed by atoms with E-state index in [-0.39, 0.29) is 41.2 Å². The third-order valence-corrected chi connectivity index (χ3v) is 8.80. The minimum absolute atomic E-state index is 0.0101. The highest BCUT2D eigenvalue weighted by molar-refractivity contribution is 8.04. The van der Waals surface area contributed by atoms with Gasteiger partial charge >= 0.3 is 6.03 Å². The van der Waals surface area contributed by atoms with E-state index in [1.807, 2.05) is 17.0 Å². The molecule has 0 aliphatic carbocycles. The predicted octanol–water partition coefficient (Wildman–Crippen LogP) is 2.97. The van der Waals surface area contributed by atoms with E-state index in [1.54, 1.807) is 4.90 Å². The van der Waals surface area contributed by atoms with Crippen LogP contribution in [0, 0.1) is 11.8 Å². The molecule has 3 fully saturated rings. The summed E-state index contributed by atoms with van der Waals surface area (Å²) in [6.07, 6.45) is 4.80. The average molecular weight is 510 g/mol. The fraction of sp³-hybridized carbons (Fsp3) is 0.519. The summed E-state index contributed by atoms with van der Waals surface area (Å²) in [5, 5.41) is 9.78. The summed E-state index contributed by atoms with van der Waals surface area (Å²) in [5.74, 6) is 0.310. The van der Waals surface area contributed by atoms with Crippen LogP contribution in [-0.4, -0.2) is 59.8 Å². The van der Waals surface area contributed by atoms with Gasteiger partial charge in [-0.15, -0.1) is 0 Å². The van der Waals surface area contributed by atoms with Gasteiger partial charge in [0.2, 0.25) is 5.91 Å². The van der Waals surface area contributed by atoms with E-state index >= 15 is 0 Å². The quantitative estimate of drug-likeness (QED) is 0.513. The van der Waals surface area contributed by atoms with Gasteiger partial charge in [0.05, 0.1) is 16.3 Å². The lowest BCUT2D eigenvalue weighted by molar-refractivity contribution is -0.128. The molecule has 1 aromatic rings. The number of hydrogen-bond acceptors (Lipinski definition) is 5. The van der Waals surface area contributed by atoms with Crippen molar-refractivity contribution in [3.63, 3.8) is 0 Å². The molecule has 9 heteroatoms. The lowest BCUT2D eigenvalue weighted by Gasteiger charge is -2.45. The summed E-state index contributed by atoms with van der Waals surface area (Å²) in [4.78, 5) is 43.0. The van der Waals surface area contributed by atoms with Crippen molar-refractivity contribution in [3.05, 3.63) is 53.1 Å². The van der Waals surface area contributed by atoms with Gasteiger partial charge in [0.25, 0.3) is 5.91 Å². The Morgan fingerprint density at radius 3 is 2.75 bits per heavy atom. The Balaban J connectivity index is 1.34. The van der Waals surface area contributed by atoms with E-state index in [1.165, 1.54) is 23.4 Å². The molecule has 5 rings (SSSR count). The van der Waals surface area contributed by atoms with Gasteiger partial charge in [-0.1, -0.05) is 44.3 Å². The number of benzene rings is 1. The Kier molecular flexibility index (Phi) is 7.12. The molecule has 4 atom stereocenters. The van der Waals surface area contributed by atoms with Gasteiger partial charge in [-0.3, -0.25) is 14.5 Å². The summed E-state index contributed by atoms with van der Waals surface area (Å²) < 4.78 is 0. The molecule has 0 saturated carbocycles. The Morgan fingerprint density at radius 1 is 1.25 bits per heavy atom. The van der Waals surface area contributed by atoms with Crippen LogP contribution < -0.4 is 20.9 Å². The third-order valence-electron chi connectivity index (χ3n) is 7.45. The Bertz CT molecular complexity index is 1090. The Labute approximate surface area is 216 Å². The molecule has 4 amide bonds. The molecule has 3 saturated heterocycles. The van der Waals surface area contributed by atoms with Crippen molar-refractivity contribution in [1.82, 2.24) is 20.9 Å².